The lowest BCUT2D eigenvalue weighted by atomic mass is 9.87. The first kappa shape index (κ1) is 16.8. The molecule has 0 fully saturated rings. The molecule has 1 aromatic carbocycles. The third kappa shape index (κ3) is 6.16. The van der Waals surface area contributed by atoms with Gasteiger partial charge in [-0.15, -0.1) is 0 Å². The van der Waals surface area contributed by atoms with E-state index in [1.165, 1.54) is 0 Å². The van der Waals surface area contributed by atoms with Crippen molar-refractivity contribution in [1.82, 2.24) is 10.6 Å². The van der Waals surface area contributed by atoms with Gasteiger partial charge in [0.1, 0.15) is 18.4 Å². The number of ether oxygens (including phenoxy) is 1. The van der Waals surface area contributed by atoms with E-state index in [1.54, 1.807) is 20.8 Å². The van der Waals surface area contributed by atoms with Crippen LogP contribution in [-0.2, 0) is 4.79 Å². The van der Waals surface area contributed by atoms with Crippen molar-refractivity contribution in [3.8, 4) is 5.75 Å². The van der Waals surface area contributed by atoms with Crippen LogP contribution in [0.4, 0.5) is 4.79 Å². The van der Waals surface area contributed by atoms with Crippen LogP contribution in [0.3, 0.4) is 0 Å². The maximum Gasteiger partial charge on any atom is 0.326 e. The van der Waals surface area contributed by atoms with Crippen molar-refractivity contribution in [3.05, 3.63) is 30.3 Å². The smallest absolute Gasteiger partial charge is 0.326 e. The molecule has 6 heteroatoms. The lowest BCUT2D eigenvalue weighted by Gasteiger charge is -2.27. The summed E-state index contributed by atoms with van der Waals surface area (Å²) >= 11 is 0. The number of carboxylic acid groups (broad SMARTS) is 1. The molecule has 0 heterocycles. The molecule has 1 rings (SSSR count). The molecule has 0 saturated heterocycles. The molecule has 6 nitrogen and oxygen atoms in total. The molecule has 0 aliphatic heterocycles. The highest BCUT2D eigenvalue weighted by Gasteiger charge is 2.32. The van der Waals surface area contributed by atoms with E-state index in [-0.39, 0.29) is 6.54 Å². The first-order chi connectivity index (χ1) is 9.80. The zero-order valence-corrected chi connectivity index (χ0v) is 12.6. The van der Waals surface area contributed by atoms with Crippen LogP contribution >= 0.6 is 0 Å². The second-order valence-corrected chi connectivity index (χ2v) is 5.70. The lowest BCUT2D eigenvalue weighted by Crippen LogP contribution is -2.52. The monoisotopic (exact) mass is 294 g/mol. The number of para-hydroxylation sites is 1. The van der Waals surface area contributed by atoms with Crippen molar-refractivity contribution < 1.29 is 19.4 Å². The third-order valence-electron chi connectivity index (χ3n) is 2.79. The standard InChI is InChI=1S/C15H22N2O4/c1-15(2,3)12(13(18)19)17-14(20)16-9-10-21-11-7-5-4-6-8-11/h4-8,12H,9-10H2,1-3H3,(H,18,19)(H2,16,17,20). The molecule has 116 valence electrons. The van der Waals surface area contributed by atoms with Gasteiger partial charge in [-0.05, 0) is 17.5 Å². The largest absolute Gasteiger partial charge is 0.492 e. The summed E-state index contributed by atoms with van der Waals surface area (Å²) in [7, 11) is 0. The highest BCUT2D eigenvalue weighted by atomic mass is 16.5. The number of carboxylic acids is 1. The van der Waals surface area contributed by atoms with E-state index in [2.05, 4.69) is 10.6 Å². The van der Waals surface area contributed by atoms with E-state index < -0.39 is 23.5 Å². The highest BCUT2D eigenvalue weighted by molar-refractivity contribution is 5.83. The van der Waals surface area contributed by atoms with Crippen LogP contribution in [0.25, 0.3) is 0 Å². The minimum atomic E-state index is -1.06. The molecule has 0 saturated carbocycles. The number of urea groups is 1. The fourth-order valence-electron chi connectivity index (χ4n) is 1.68. The Morgan fingerprint density at radius 3 is 2.38 bits per heavy atom. The first-order valence-electron chi connectivity index (χ1n) is 6.75. The molecule has 1 unspecified atom stereocenters. The van der Waals surface area contributed by atoms with E-state index in [9.17, 15) is 9.59 Å². The van der Waals surface area contributed by atoms with Gasteiger partial charge in [0, 0.05) is 0 Å². The van der Waals surface area contributed by atoms with Crippen molar-refractivity contribution in [1.29, 1.82) is 0 Å². The van der Waals surface area contributed by atoms with Crippen LogP contribution in [0.5, 0.6) is 5.75 Å². The molecule has 1 aromatic rings. The Morgan fingerprint density at radius 2 is 1.86 bits per heavy atom. The molecule has 0 bridgehead atoms. The molecule has 21 heavy (non-hydrogen) atoms. The molecular formula is C15H22N2O4. The van der Waals surface area contributed by atoms with Gasteiger partial charge in [-0.2, -0.15) is 0 Å². The lowest BCUT2D eigenvalue weighted by molar-refractivity contribution is -0.141. The van der Waals surface area contributed by atoms with E-state index in [0.717, 1.165) is 5.75 Å². The highest BCUT2D eigenvalue weighted by Crippen LogP contribution is 2.19. The van der Waals surface area contributed by atoms with Crippen molar-refractivity contribution in [2.45, 2.75) is 26.8 Å². The quantitative estimate of drug-likeness (QED) is 0.699. The van der Waals surface area contributed by atoms with Crippen LogP contribution < -0.4 is 15.4 Å². The average Bonchev–Trinajstić information content (AvgIpc) is 2.40. The minimum Gasteiger partial charge on any atom is -0.492 e. The zero-order valence-electron chi connectivity index (χ0n) is 12.6. The number of nitrogens with one attached hydrogen (secondary N) is 2. The van der Waals surface area contributed by atoms with E-state index in [4.69, 9.17) is 9.84 Å². The molecule has 2 amide bonds. The van der Waals surface area contributed by atoms with E-state index in [0.29, 0.717) is 6.61 Å². The Bertz CT molecular complexity index is 468. The summed E-state index contributed by atoms with van der Waals surface area (Å²) in [4.78, 5) is 22.8. The van der Waals surface area contributed by atoms with Gasteiger partial charge in [0.25, 0.3) is 0 Å². The second-order valence-electron chi connectivity index (χ2n) is 5.70. The van der Waals surface area contributed by atoms with Gasteiger partial charge in [0.05, 0.1) is 6.54 Å². The van der Waals surface area contributed by atoms with Crippen molar-refractivity contribution >= 4 is 12.0 Å². The SMILES string of the molecule is CC(C)(C)C(NC(=O)NCCOc1ccccc1)C(=O)O. The Balaban J connectivity index is 2.32. The van der Waals surface area contributed by atoms with Gasteiger partial charge in [-0.3, -0.25) is 0 Å². The number of rotatable bonds is 6. The first-order valence-corrected chi connectivity index (χ1v) is 6.75. The Labute approximate surface area is 124 Å². The molecule has 0 aliphatic carbocycles. The molecule has 0 radical (unpaired) electrons. The van der Waals surface area contributed by atoms with Crippen LogP contribution in [0.2, 0.25) is 0 Å². The Morgan fingerprint density at radius 1 is 1.24 bits per heavy atom. The van der Waals surface area contributed by atoms with E-state index in [1.807, 2.05) is 30.3 Å². The molecule has 0 aliphatic rings. The molecular weight excluding hydrogens is 272 g/mol. The number of benzene rings is 1. The van der Waals surface area contributed by atoms with Gasteiger partial charge in [0.2, 0.25) is 0 Å². The zero-order chi connectivity index (χ0) is 15.9. The van der Waals surface area contributed by atoms with E-state index >= 15 is 0 Å². The minimum absolute atomic E-state index is 0.289. The average molecular weight is 294 g/mol. The predicted octanol–water partition coefficient (Wildman–Crippen LogP) is 1.86. The van der Waals surface area contributed by atoms with Crippen molar-refractivity contribution in [3.63, 3.8) is 0 Å². The summed E-state index contributed by atoms with van der Waals surface area (Å²) in [5.41, 5.74) is -0.566. The third-order valence-corrected chi connectivity index (χ3v) is 2.79. The van der Waals surface area contributed by atoms with Crippen molar-refractivity contribution in [2.24, 2.45) is 5.41 Å². The van der Waals surface area contributed by atoms with Crippen molar-refractivity contribution in [2.75, 3.05) is 13.2 Å². The Hall–Kier alpha value is -2.24. The molecule has 0 spiro atoms. The fourth-order valence-corrected chi connectivity index (χ4v) is 1.68. The molecule has 1 atom stereocenters. The second kappa shape index (κ2) is 7.52. The summed E-state index contributed by atoms with van der Waals surface area (Å²) < 4.78 is 5.42. The number of hydrogen-bond donors (Lipinski definition) is 3. The number of hydrogen-bond acceptors (Lipinski definition) is 3. The number of carbonyl (C=O) groups excluding carboxylic acids is 1. The summed E-state index contributed by atoms with van der Waals surface area (Å²) in [5.74, 6) is -0.337. The normalized spacial score (nSPS) is 12.3. The van der Waals surface area contributed by atoms with Gasteiger partial charge in [0.15, 0.2) is 0 Å². The van der Waals surface area contributed by atoms with Gasteiger partial charge >= 0.3 is 12.0 Å². The number of amides is 2. The van der Waals surface area contributed by atoms with Crippen LogP contribution in [0.15, 0.2) is 30.3 Å². The summed E-state index contributed by atoms with van der Waals surface area (Å²) in [6.07, 6.45) is 0. The number of aliphatic carboxylic acids is 1. The summed E-state index contributed by atoms with van der Waals surface area (Å²) in [6.45, 7) is 5.86. The fraction of sp³-hybridized carbons (Fsp3) is 0.467. The topological polar surface area (TPSA) is 87.7 Å². The number of carbonyl (C=O) groups is 2. The van der Waals surface area contributed by atoms with Crippen LogP contribution in [-0.4, -0.2) is 36.3 Å². The van der Waals surface area contributed by atoms with Gasteiger partial charge in [-0.1, -0.05) is 39.0 Å². The van der Waals surface area contributed by atoms with Gasteiger partial charge < -0.3 is 20.5 Å². The predicted molar refractivity (Wildman–Crippen MR) is 79.4 cm³/mol. The molecule has 3 N–H and O–H groups in total. The summed E-state index contributed by atoms with van der Waals surface area (Å²) in [5, 5.41) is 14.1. The van der Waals surface area contributed by atoms with Gasteiger partial charge in [-0.25, -0.2) is 9.59 Å². The molecule has 0 aromatic heterocycles. The van der Waals surface area contributed by atoms with Crippen LogP contribution in [0.1, 0.15) is 20.8 Å². The van der Waals surface area contributed by atoms with Crippen LogP contribution in [0, 0.1) is 5.41 Å². The maximum absolute atomic E-state index is 11.7. The Kier molecular flexibility index (Phi) is 6.02. The maximum atomic E-state index is 11.7. The summed E-state index contributed by atoms with van der Waals surface area (Å²) in [6, 6.07) is 7.77.